The molecule has 150 valence electrons. The van der Waals surface area contributed by atoms with Gasteiger partial charge in [-0.15, -0.1) is 0 Å². The van der Waals surface area contributed by atoms with E-state index in [1.165, 1.54) is 6.08 Å². The summed E-state index contributed by atoms with van der Waals surface area (Å²) in [6.07, 6.45) is 3.74. The van der Waals surface area contributed by atoms with Crippen LogP contribution in [-0.2, 0) is 14.3 Å². The summed E-state index contributed by atoms with van der Waals surface area (Å²) in [5.41, 5.74) is 0. The molecule has 2 rings (SSSR count). The first-order chi connectivity index (χ1) is 13.0. The number of nitrogens with zero attached hydrogens (tertiary/aromatic N) is 1. The lowest BCUT2D eigenvalue weighted by Gasteiger charge is -2.27. The smallest absolute Gasteiger partial charge is 0.244 e. The van der Waals surface area contributed by atoms with Crippen molar-refractivity contribution in [2.24, 2.45) is 5.92 Å². The molecular weight excluding hydrogens is 414 g/mol. The number of furan rings is 1. The zero-order valence-corrected chi connectivity index (χ0v) is 17.5. The molecule has 0 radical (unpaired) electrons. The first-order valence-corrected chi connectivity index (χ1v) is 10.1. The maximum Gasteiger partial charge on any atom is 0.244 e. The van der Waals surface area contributed by atoms with Gasteiger partial charge in [0.2, 0.25) is 11.8 Å². The van der Waals surface area contributed by atoms with E-state index in [-0.39, 0.29) is 17.7 Å². The van der Waals surface area contributed by atoms with Crippen LogP contribution in [-0.4, -0.2) is 62.1 Å². The highest BCUT2D eigenvalue weighted by Gasteiger charge is 2.25. The van der Waals surface area contributed by atoms with Gasteiger partial charge in [-0.3, -0.25) is 14.5 Å². The lowest BCUT2D eigenvalue weighted by atomic mass is 9.98. The number of nitrogens with one attached hydrogen (secondary N) is 2. The minimum Gasteiger partial charge on any atom is -0.450 e. The van der Waals surface area contributed by atoms with Crippen LogP contribution in [0.15, 0.2) is 27.3 Å². The molecular formula is C19H28BrN3O4. The van der Waals surface area contributed by atoms with Crippen LogP contribution < -0.4 is 10.6 Å². The maximum absolute atomic E-state index is 12.6. The lowest BCUT2D eigenvalue weighted by Crippen LogP contribution is -2.51. The van der Waals surface area contributed by atoms with Crippen LogP contribution in [0.25, 0.3) is 6.08 Å². The topological polar surface area (TPSA) is 83.8 Å². The molecule has 0 bridgehead atoms. The average Bonchev–Trinajstić information content (AvgIpc) is 3.10. The Hall–Kier alpha value is -1.64. The number of hydrogen-bond acceptors (Lipinski definition) is 5. The molecule has 1 aliphatic heterocycles. The lowest BCUT2D eigenvalue weighted by molar-refractivity contribution is -0.128. The van der Waals surface area contributed by atoms with Gasteiger partial charge in [0.15, 0.2) is 4.67 Å². The number of carbonyl (C=O) groups excluding carboxylic acids is 2. The number of rotatable bonds is 9. The number of morpholine rings is 1. The molecule has 1 aromatic rings. The molecule has 1 aliphatic rings. The van der Waals surface area contributed by atoms with E-state index in [0.717, 1.165) is 39.3 Å². The van der Waals surface area contributed by atoms with E-state index in [1.807, 2.05) is 13.8 Å². The summed E-state index contributed by atoms with van der Waals surface area (Å²) in [7, 11) is 0. The molecule has 27 heavy (non-hydrogen) atoms. The first kappa shape index (κ1) is 21.7. The van der Waals surface area contributed by atoms with Crippen LogP contribution >= 0.6 is 15.9 Å². The van der Waals surface area contributed by atoms with Gasteiger partial charge in [0, 0.05) is 32.3 Å². The van der Waals surface area contributed by atoms with Crippen molar-refractivity contribution in [3.8, 4) is 0 Å². The van der Waals surface area contributed by atoms with Crippen molar-refractivity contribution in [3.63, 3.8) is 0 Å². The standard InChI is InChI=1S/C19H28BrN3O4/c1-3-14(2)18(19(25)21-8-9-23-10-12-26-13-11-23)22-17(24)7-5-15-4-6-16(20)27-15/h4-7,14,18H,3,8-13H2,1-2H3,(H,21,25)(H,22,24)/b7-5+/t14-,18+/m1/s1. The number of carbonyl (C=O) groups is 2. The Morgan fingerprint density at radius 1 is 1.33 bits per heavy atom. The molecule has 0 spiro atoms. The third-order valence-electron chi connectivity index (χ3n) is 4.62. The van der Waals surface area contributed by atoms with E-state index in [1.54, 1.807) is 18.2 Å². The third-order valence-corrected chi connectivity index (χ3v) is 5.04. The molecule has 0 unspecified atom stereocenters. The van der Waals surface area contributed by atoms with E-state index in [2.05, 4.69) is 31.5 Å². The van der Waals surface area contributed by atoms with Gasteiger partial charge in [-0.05, 0) is 40.1 Å². The second-order valence-corrected chi connectivity index (χ2v) is 7.37. The van der Waals surface area contributed by atoms with Gasteiger partial charge in [-0.2, -0.15) is 0 Å². The highest BCUT2D eigenvalue weighted by atomic mass is 79.9. The van der Waals surface area contributed by atoms with E-state index in [0.29, 0.717) is 17.0 Å². The van der Waals surface area contributed by atoms with Crippen LogP contribution in [0.5, 0.6) is 0 Å². The Kier molecular flexibility index (Phi) is 9.03. The average molecular weight is 442 g/mol. The Labute approximate surface area is 168 Å². The van der Waals surface area contributed by atoms with Crippen molar-refractivity contribution >= 4 is 33.8 Å². The van der Waals surface area contributed by atoms with Gasteiger partial charge in [-0.25, -0.2) is 0 Å². The summed E-state index contributed by atoms with van der Waals surface area (Å²) >= 11 is 3.22. The molecule has 2 atom stereocenters. The van der Waals surface area contributed by atoms with Gasteiger partial charge in [0.25, 0.3) is 0 Å². The molecule has 2 amide bonds. The van der Waals surface area contributed by atoms with Gasteiger partial charge in [-0.1, -0.05) is 20.3 Å². The van der Waals surface area contributed by atoms with E-state index < -0.39 is 6.04 Å². The van der Waals surface area contributed by atoms with Crippen LogP contribution in [0, 0.1) is 5.92 Å². The zero-order chi connectivity index (χ0) is 19.6. The largest absolute Gasteiger partial charge is 0.450 e. The summed E-state index contributed by atoms with van der Waals surface area (Å²) in [4.78, 5) is 27.1. The number of ether oxygens (including phenoxy) is 1. The summed E-state index contributed by atoms with van der Waals surface area (Å²) in [5, 5.41) is 5.75. The molecule has 2 N–H and O–H groups in total. The molecule has 0 aromatic carbocycles. The van der Waals surface area contributed by atoms with Gasteiger partial charge in [0.1, 0.15) is 11.8 Å². The molecule has 1 fully saturated rings. The SMILES string of the molecule is CC[C@@H](C)[C@H](NC(=O)/C=C/c1ccc(Br)o1)C(=O)NCCN1CCOCC1. The van der Waals surface area contributed by atoms with Crippen molar-refractivity contribution in [1.29, 1.82) is 0 Å². The first-order valence-electron chi connectivity index (χ1n) is 9.31. The van der Waals surface area contributed by atoms with Gasteiger partial charge >= 0.3 is 0 Å². The molecule has 0 aliphatic carbocycles. The van der Waals surface area contributed by atoms with E-state index >= 15 is 0 Å². The van der Waals surface area contributed by atoms with Crippen molar-refractivity contribution < 1.29 is 18.7 Å². The number of amides is 2. The van der Waals surface area contributed by atoms with Gasteiger partial charge in [0.05, 0.1) is 13.2 Å². The summed E-state index contributed by atoms with van der Waals surface area (Å²) in [5.74, 6) is 0.117. The van der Waals surface area contributed by atoms with E-state index in [9.17, 15) is 9.59 Å². The third kappa shape index (κ3) is 7.48. The monoisotopic (exact) mass is 441 g/mol. The van der Waals surface area contributed by atoms with Crippen LogP contribution in [0.2, 0.25) is 0 Å². The fourth-order valence-corrected chi connectivity index (χ4v) is 3.07. The van der Waals surface area contributed by atoms with Crippen molar-refractivity contribution in [2.45, 2.75) is 26.3 Å². The second kappa shape index (κ2) is 11.3. The summed E-state index contributed by atoms with van der Waals surface area (Å²) < 4.78 is 11.2. The molecule has 1 aromatic heterocycles. The van der Waals surface area contributed by atoms with Crippen LogP contribution in [0.4, 0.5) is 0 Å². The van der Waals surface area contributed by atoms with Gasteiger partial charge < -0.3 is 19.8 Å². The van der Waals surface area contributed by atoms with Crippen molar-refractivity contribution in [3.05, 3.63) is 28.6 Å². The fraction of sp³-hybridized carbons (Fsp3) is 0.579. The predicted octanol–water partition coefficient (Wildman–Crippen LogP) is 2.03. The summed E-state index contributed by atoms with van der Waals surface area (Å²) in [6.45, 7) is 8.53. The molecule has 0 saturated carbocycles. The molecule has 2 heterocycles. The van der Waals surface area contributed by atoms with E-state index in [4.69, 9.17) is 9.15 Å². The number of hydrogen-bond donors (Lipinski definition) is 2. The Balaban J connectivity index is 1.84. The maximum atomic E-state index is 12.6. The second-order valence-electron chi connectivity index (χ2n) is 6.59. The van der Waals surface area contributed by atoms with Crippen LogP contribution in [0.3, 0.4) is 0 Å². The van der Waals surface area contributed by atoms with Crippen molar-refractivity contribution in [2.75, 3.05) is 39.4 Å². The Morgan fingerprint density at radius 3 is 2.70 bits per heavy atom. The normalized spacial score (nSPS) is 17.6. The summed E-state index contributed by atoms with van der Waals surface area (Å²) in [6, 6.07) is 2.93. The Bertz CT molecular complexity index is 641. The van der Waals surface area contributed by atoms with Crippen LogP contribution in [0.1, 0.15) is 26.0 Å². The Morgan fingerprint density at radius 2 is 2.07 bits per heavy atom. The fourth-order valence-electron chi connectivity index (χ4n) is 2.75. The molecule has 7 nitrogen and oxygen atoms in total. The molecule has 1 saturated heterocycles. The minimum absolute atomic E-state index is 0.0310. The highest BCUT2D eigenvalue weighted by Crippen LogP contribution is 2.15. The van der Waals surface area contributed by atoms with Crippen molar-refractivity contribution in [1.82, 2.24) is 15.5 Å². The zero-order valence-electron chi connectivity index (χ0n) is 15.9. The highest BCUT2D eigenvalue weighted by molar-refractivity contribution is 9.10. The number of halogens is 1. The predicted molar refractivity (Wildman–Crippen MR) is 107 cm³/mol. The molecule has 8 heteroatoms. The minimum atomic E-state index is -0.569. The quantitative estimate of drug-likeness (QED) is 0.572.